The van der Waals surface area contributed by atoms with E-state index in [1.807, 2.05) is 24.4 Å². The average molecular weight is 272 g/mol. The molecule has 1 aromatic heterocycles. The maximum Gasteiger partial charge on any atom is 0.145 e. The maximum atomic E-state index is 5.90. The van der Waals surface area contributed by atoms with E-state index in [-0.39, 0.29) is 0 Å². The third-order valence-electron chi connectivity index (χ3n) is 3.54. The minimum atomic E-state index is 0.606. The van der Waals surface area contributed by atoms with Crippen molar-refractivity contribution in [3.8, 4) is 5.75 Å². The van der Waals surface area contributed by atoms with Crippen LogP contribution in [0.2, 0.25) is 0 Å². The van der Waals surface area contributed by atoms with Crippen molar-refractivity contribution in [2.24, 2.45) is 0 Å². The number of benzene rings is 1. The molecule has 0 saturated carbocycles. The number of ether oxygens (including phenoxy) is 1. The monoisotopic (exact) mass is 272 g/mol. The van der Waals surface area contributed by atoms with E-state index in [0.29, 0.717) is 6.04 Å². The first-order valence-corrected chi connectivity index (χ1v) is 7.55. The van der Waals surface area contributed by atoms with Crippen molar-refractivity contribution in [2.45, 2.75) is 39.2 Å². The van der Waals surface area contributed by atoms with Gasteiger partial charge in [-0.1, -0.05) is 32.0 Å². The molecule has 0 amide bonds. The Morgan fingerprint density at radius 3 is 2.85 bits per heavy atom. The van der Waals surface area contributed by atoms with Crippen LogP contribution in [-0.4, -0.2) is 24.2 Å². The molecule has 0 aliphatic rings. The minimum Gasteiger partial charge on any atom is -0.491 e. The molecule has 3 heteroatoms. The molecule has 1 aromatic carbocycles. The molecular formula is C17H24N2O. The van der Waals surface area contributed by atoms with Crippen LogP contribution in [0.5, 0.6) is 5.75 Å². The molecule has 1 atom stereocenters. The van der Waals surface area contributed by atoms with Crippen LogP contribution >= 0.6 is 0 Å². The number of aromatic nitrogens is 1. The summed E-state index contributed by atoms with van der Waals surface area (Å²) in [6.45, 7) is 6.16. The summed E-state index contributed by atoms with van der Waals surface area (Å²) in [5.74, 6) is 0.889. The Morgan fingerprint density at radius 1 is 1.20 bits per heavy atom. The number of nitrogens with one attached hydrogen (secondary N) is 1. The Hall–Kier alpha value is -1.61. The molecule has 2 aromatic rings. The third kappa shape index (κ3) is 3.94. The minimum absolute atomic E-state index is 0.606. The first kappa shape index (κ1) is 14.8. The summed E-state index contributed by atoms with van der Waals surface area (Å²) in [5, 5.41) is 4.62. The molecule has 108 valence electrons. The summed E-state index contributed by atoms with van der Waals surface area (Å²) in [7, 11) is 0. The number of pyridine rings is 1. The standard InChI is InChI=1S/C17H24N2O/c1-3-15(18-4-2)10-7-13-20-16-11-5-8-14-9-6-12-19-17(14)16/h5-6,8-9,11-12,15,18H,3-4,7,10,13H2,1-2H3. The van der Waals surface area contributed by atoms with Crippen LogP contribution in [0.4, 0.5) is 0 Å². The molecule has 1 N–H and O–H groups in total. The molecule has 0 saturated heterocycles. The summed E-state index contributed by atoms with van der Waals surface area (Å²) in [6.07, 6.45) is 5.20. The van der Waals surface area contributed by atoms with Crippen LogP contribution in [0.1, 0.15) is 33.1 Å². The topological polar surface area (TPSA) is 34.1 Å². The molecule has 3 nitrogen and oxygen atoms in total. The smallest absolute Gasteiger partial charge is 0.145 e. The highest BCUT2D eigenvalue weighted by Crippen LogP contribution is 2.23. The molecular weight excluding hydrogens is 248 g/mol. The second kappa shape index (κ2) is 7.85. The van der Waals surface area contributed by atoms with Crippen molar-refractivity contribution < 1.29 is 4.74 Å². The summed E-state index contributed by atoms with van der Waals surface area (Å²) in [5.41, 5.74) is 0.953. The summed E-state index contributed by atoms with van der Waals surface area (Å²) < 4.78 is 5.90. The molecule has 0 aliphatic carbocycles. The lowest BCUT2D eigenvalue weighted by Gasteiger charge is -2.15. The molecule has 1 heterocycles. The lowest BCUT2D eigenvalue weighted by molar-refractivity contribution is 0.297. The largest absolute Gasteiger partial charge is 0.491 e. The van der Waals surface area contributed by atoms with Gasteiger partial charge >= 0.3 is 0 Å². The first-order chi connectivity index (χ1) is 9.85. The predicted molar refractivity (Wildman–Crippen MR) is 84.2 cm³/mol. The van der Waals surface area contributed by atoms with E-state index in [0.717, 1.165) is 42.6 Å². The molecule has 0 bridgehead atoms. The Labute approximate surface area is 121 Å². The highest BCUT2D eigenvalue weighted by Gasteiger charge is 2.05. The molecule has 1 unspecified atom stereocenters. The number of fused-ring (bicyclic) bond motifs is 1. The quantitative estimate of drug-likeness (QED) is 0.743. The van der Waals surface area contributed by atoms with Gasteiger partial charge in [-0.2, -0.15) is 0 Å². The van der Waals surface area contributed by atoms with Gasteiger partial charge in [-0.3, -0.25) is 4.98 Å². The second-order valence-electron chi connectivity index (χ2n) is 4.98. The lowest BCUT2D eigenvalue weighted by atomic mass is 10.1. The van der Waals surface area contributed by atoms with Crippen molar-refractivity contribution in [3.05, 3.63) is 36.5 Å². The van der Waals surface area contributed by atoms with Gasteiger partial charge < -0.3 is 10.1 Å². The number of hydrogen-bond acceptors (Lipinski definition) is 3. The molecule has 0 radical (unpaired) electrons. The summed E-state index contributed by atoms with van der Waals surface area (Å²) >= 11 is 0. The van der Waals surface area contributed by atoms with E-state index < -0.39 is 0 Å². The van der Waals surface area contributed by atoms with Gasteiger partial charge in [0.2, 0.25) is 0 Å². The van der Waals surface area contributed by atoms with Crippen LogP contribution in [0.25, 0.3) is 10.9 Å². The second-order valence-corrected chi connectivity index (χ2v) is 4.98. The van der Waals surface area contributed by atoms with Crippen molar-refractivity contribution in [2.75, 3.05) is 13.2 Å². The zero-order valence-electron chi connectivity index (χ0n) is 12.4. The molecule has 0 aliphatic heterocycles. The predicted octanol–water partition coefficient (Wildman–Crippen LogP) is 3.78. The van der Waals surface area contributed by atoms with Crippen molar-refractivity contribution in [3.63, 3.8) is 0 Å². The van der Waals surface area contributed by atoms with Crippen LogP contribution in [-0.2, 0) is 0 Å². The zero-order valence-corrected chi connectivity index (χ0v) is 12.4. The molecule has 20 heavy (non-hydrogen) atoms. The first-order valence-electron chi connectivity index (χ1n) is 7.55. The summed E-state index contributed by atoms with van der Waals surface area (Å²) in [6, 6.07) is 10.7. The fourth-order valence-corrected chi connectivity index (χ4v) is 2.44. The van der Waals surface area contributed by atoms with Gasteiger partial charge in [0.05, 0.1) is 6.61 Å². The summed E-state index contributed by atoms with van der Waals surface area (Å²) in [4.78, 5) is 4.40. The number of nitrogens with zero attached hydrogens (tertiary/aromatic N) is 1. The SMILES string of the molecule is CCNC(CC)CCCOc1cccc2cccnc12. The van der Waals surface area contributed by atoms with Crippen LogP contribution in [0.3, 0.4) is 0 Å². The highest BCUT2D eigenvalue weighted by molar-refractivity contribution is 5.84. The Balaban J connectivity index is 1.87. The van der Waals surface area contributed by atoms with Crippen LogP contribution in [0.15, 0.2) is 36.5 Å². The highest BCUT2D eigenvalue weighted by atomic mass is 16.5. The normalized spacial score (nSPS) is 12.5. The fourth-order valence-electron chi connectivity index (χ4n) is 2.44. The molecule has 0 fully saturated rings. The van der Waals surface area contributed by atoms with E-state index in [1.165, 1.54) is 6.42 Å². The van der Waals surface area contributed by atoms with Crippen molar-refractivity contribution in [1.29, 1.82) is 0 Å². The van der Waals surface area contributed by atoms with E-state index in [2.05, 4.69) is 36.3 Å². The van der Waals surface area contributed by atoms with Crippen molar-refractivity contribution in [1.82, 2.24) is 10.3 Å². The van der Waals surface area contributed by atoms with E-state index in [4.69, 9.17) is 4.74 Å². The maximum absolute atomic E-state index is 5.90. The van der Waals surface area contributed by atoms with Gasteiger partial charge in [0.1, 0.15) is 11.3 Å². The van der Waals surface area contributed by atoms with Crippen molar-refractivity contribution >= 4 is 10.9 Å². The molecule has 2 rings (SSSR count). The van der Waals surface area contributed by atoms with Gasteiger partial charge in [-0.05, 0) is 37.9 Å². The van der Waals surface area contributed by atoms with E-state index in [9.17, 15) is 0 Å². The van der Waals surface area contributed by atoms with E-state index >= 15 is 0 Å². The average Bonchev–Trinajstić information content (AvgIpc) is 2.50. The Kier molecular flexibility index (Phi) is 5.81. The van der Waals surface area contributed by atoms with Crippen LogP contribution < -0.4 is 10.1 Å². The van der Waals surface area contributed by atoms with Gasteiger partial charge in [-0.15, -0.1) is 0 Å². The van der Waals surface area contributed by atoms with Gasteiger partial charge in [-0.25, -0.2) is 0 Å². The third-order valence-corrected chi connectivity index (χ3v) is 3.54. The Bertz CT molecular complexity index is 522. The van der Waals surface area contributed by atoms with Gasteiger partial charge in [0.25, 0.3) is 0 Å². The number of para-hydroxylation sites is 1. The van der Waals surface area contributed by atoms with Gasteiger partial charge in [0.15, 0.2) is 0 Å². The zero-order chi connectivity index (χ0) is 14.2. The molecule has 0 spiro atoms. The number of rotatable bonds is 8. The fraction of sp³-hybridized carbons (Fsp3) is 0.471. The van der Waals surface area contributed by atoms with Gasteiger partial charge in [0, 0.05) is 17.6 Å². The number of hydrogen-bond donors (Lipinski definition) is 1. The van der Waals surface area contributed by atoms with Crippen LogP contribution in [0, 0.1) is 0 Å². The lowest BCUT2D eigenvalue weighted by Crippen LogP contribution is -2.28. The van der Waals surface area contributed by atoms with E-state index in [1.54, 1.807) is 0 Å². The Morgan fingerprint density at radius 2 is 2.05 bits per heavy atom.